The van der Waals surface area contributed by atoms with Gasteiger partial charge in [0, 0.05) is 65.5 Å². The maximum absolute atomic E-state index is 17.1. The van der Waals surface area contributed by atoms with Crippen LogP contribution in [-0.2, 0) is 62.5 Å². The first-order chi connectivity index (χ1) is 33.3. The van der Waals surface area contributed by atoms with Crippen LogP contribution in [0.15, 0.2) is 93.4 Å². The number of nitrogens with zero attached hydrogens (tertiary/aromatic N) is 2. The van der Waals surface area contributed by atoms with Crippen molar-refractivity contribution in [3.63, 3.8) is 0 Å². The molecule has 4 N–H and O–H groups in total. The van der Waals surface area contributed by atoms with Crippen LogP contribution in [0.4, 0.5) is 24.5 Å². The zero-order valence-corrected chi connectivity index (χ0v) is 43.3. The molecule has 0 unspecified atom stereocenters. The maximum atomic E-state index is 17.1. The zero-order valence-electron chi connectivity index (χ0n) is 40.0. The molecule has 3 aliphatic rings. The molecule has 24 heteroatoms. The average molecular weight is 1110 g/mol. The first-order valence-electron chi connectivity index (χ1n) is 23.1. The van der Waals surface area contributed by atoms with Crippen molar-refractivity contribution in [3.8, 4) is 0 Å². The van der Waals surface area contributed by atoms with Crippen LogP contribution < -0.4 is 4.90 Å². The summed E-state index contributed by atoms with van der Waals surface area (Å²) >= 11 is 0. The van der Waals surface area contributed by atoms with Crippen LogP contribution in [0.3, 0.4) is 0 Å². The van der Waals surface area contributed by atoms with Gasteiger partial charge in [-0.05, 0) is 130 Å². The number of allylic oxidation sites excluding steroid dienone is 8. The molecule has 0 spiro atoms. The van der Waals surface area contributed by atoms with Gasteiger partial charge < -0.3 is 14.6 Å². The molecule has 1 aliphatic carbocycles. The molecule has 6 rings (SSSR count). The van der Waals surface area contributed by atoms with E-state index >= 15 is 13.2 Å². The fraction of sp³-hybridized carbons (Fsp3) is 0.429. The Hall–Kier alpha value is -4.01. The predicted octanol–water partition coefficient (Wildman–Crippen LogP) is 7.92. The Bertz CT molecular complexity index is 3310. The molecule has 3 aromatic carbocycles. The van der Waals surface area contributed by atoms with Gasteiger partial charge >= 0.3 is 35.5 Å². The molecule has 0 amide bonds. The third kappa shape index (κ3) is 14.1. The van der Waals surface area contributed by atoms with Gasteiger partial charge in [0.1, 0.15) is 34.1 Å². The Kier molecular flexibility index (Phi) is 18.9. The van der Waals surface area contributed by atoms with Gasteiger partial charge in [-0.2, -0.15) is 29.8 Å². The third-order valence-corrected chi connectivity index (χ3v) is 16.7. The van der Waals surface area contributed by atoms with Gasteiger partial charge in [-0.15, -0.1) is 0 Å². The number of halogens is 3. The van der Waals surface area contributed by atoms with Gasteiger partial charge in [0.2, 0.25) is 5.69 Å². The number of aliphatic carboxylic acids is 1. The number of carboxylic acid groups (broad SMARTS) is 1. The van der Waals surface area contributed by atoms with Crippen molar-refractivity contribution in [3.05, 3.63) is 123 Å². The molecule has 394 valence electrons. The van der Waals surface area contributed by atoms with Crippen molar-refractivity contribution in [1.29, 1.82) is 0 Å². The van der Waals surface area contributed by atoms with Crippen molar-refractivity contribution in [2.75, 3.05) is 29.5 Å². The molecular formula is C49H58F3N2NaO14S4. The second kappa shape index (κ2) is 23.1. The molecule has 2 aliphatic heterocycles. The molecule has 0 saturated carbocycles. The Morgan fingerprint density at radius 1 is 0.753 bits per heavy atom. The molecule has 2 heterocycles. The van der Waals surface area contributed by atoms with Crippen LogP contribution in [0.25, 0.3) is 5.57 Å². The molecular weight excluding hydrogens is 1050 g/mol. The van der Waals surface area contributed by atoms with Gasteiger partial charge in [-0.1, -0.05) is 26.0 Å². The van der Waals surface area contributed by atoms with Crippen LogP contribution in [0.5, 0.6) is 0 Å². The van der Waals surface area contributed by atoms with E-state index in [1.165, 1.54) is 30.3 Å². The summed E-state index contributed by atoms with van der Waals surface area (Å²) in [5.41, 5.74) is 0.756. The second-order valence-electron chi connectivity index (χ2n) is 19.2. The van der Waals surface area contributed by atoms with E-state index < -0.39 is 102 Å². The summed E-state index contributed by atoms with van der Waals surface area (Å²) in [6.07, 6.45) is 7.69. The first kappa shape index (κ1) is 59.9. The van der Waals surface area contributed by atoms with E-state index in [0.717, 1.165) is 6.07 Å². The van der Waals surface area contributed by atoms with Gasteiger partial charge in [0.25, 0.3) is 30.4 Å². The van der Waals surface area contributed by atoms with E-state index in [0.29, 0.717) is 57.5 Å². The van der Waals surface area contributed by atoms with Gasteiger partial charge in [0.05, 0.1) is 32.3 Å². The number of rotatable bonds is 21. The second-order valence-corrected chi connectivity index (χ2v) is 25.1. The van der Waals surface area contributed by atoms with E-state index in [2.05, 4.69) is 0 Å². The number of carbonyl (C=O) groups is 1. The van der Waals surface area contributed by atoms with E-state index in [9.17, 15) is 61.8 Å². The van der Waals surface area contributed by atoms with E-state index in [-0.39, 0.29) is 117 Å². The van der Waals surface area contributed by atoms with Crippen molar-refractivity contribution in [2.45, 2.75) is 119 Å². The average Bonchev–Trinajstić information content (AvgIpc) is 3.60. The van der Waals surface area contributed by atoms with Gasteiger partial charge in [-0.3, -0.25) is 18.5 Å². The van der Waals surface area contributed by atoms with Crippen molar-refractivity contribution >= 4 is 98.7 Å². The number of unbranched alkanes of at least 4 members (excludes halogenated alkanes) is 3. The summed E-state index contributed by atoms with van der Waals surface area (Å²) < 4.78 is 187. The summed E-state index contributed by atoms with van der Waals surface area (Å²) in [4.78, 5) is 12.2. The molecule has 73 heavy (non-hydrogen) atoms. The van der Waals surface area contributed by atoms with Crippen LogP contribution in [0.2, 0.25) is 0 Å². The number of hydrogen-bond donors (Lipinski definition) is 4. The Morgan fingerprint density at radius 2 is 1.38 bits per heavy atom. The molecule has 16 nitrogen and oxygen atoms in total. The fourth-order valence-electron chi connectivity index (χ4n) is 9.82. The number of benzene rings is 3. The van der Waals surface area contributed by atoms with Crippen LogP contribution in [0.1, 0.15) is 114 Å². The fourth-order valence-corrected chi connectivity index (χ4v) is 12.0. The van der Waals surface area contributed by atoms with E-state index in [4.69, 9.17) is 0 Å². The normalized spacial score (nSPS) is 18.0. The Labute approximate surface area is 446 Å². The first-order valence-corrected chi connectivity index (χ1v) is 29.2. The number of anilines is 1. The summed E-state index contributed by atoms with van der Waals surface area (Å²) in [6, 6.07) is 8.46. The molecule has 0 bridgehead atoms. The van der Waals surface area contributed by atoms with E-state index in [1.807, 2.05) is 4.90 Å². The van der Waals surface area contributed by atoms with Crippen LogP contribution in [0, 0.1) is 17.5 Å². The quantitative estimate of drug-likeness (QED) is 0.0342. The number of hydrogen-bond acceptors (Lipinski definition) is 11. The summed E-state index contributed by atoms with van der Waals surface area (Å²) in [5, 5.41) is 9.18. The number of carboxylic acids is 1. The molecule has 0 aromatic heterocycles. The van der Waals surface area contributed by atoms with E-state index in [1.54, 1.807) is 56.6 Å². The summed E-state index contributed by atoms with van der Waals surface area (Å²) in [5.74, 6) is -5.78. The SMILES string of the molecule is CC1(C)C(=CC=C2CCCC(C=CC3=[N+](CCCCS(=O)(=O)O)c4ccc(S(=O)(=O)[O-])cc4C3(C)C)=C2c2c(F)cc(F)c(CCCCC(=O)O)c2F)N(CCCCS(=O)(=O)O)c2ccc(S(=O)(=O)O)cc21.[NaH]. The summed E-state index contributed by atoms with van der Waals surface area (Å²) in [7, 11) is -18.2. The molecule has 3 aromatic rings. The van der Waals surface area contributed by atoms with Gasteiger partial charge in [-0.25, -0.2) is 21.6 Å². The van der Waals surface area contributed by atoms with Gasteiger partial charge in [0.15, 0.2) is 5.71 Å². The summed E-state index contributed by atoms with van der Waals surface area (Å²) in [6.45, 7) is 7.42. The minimum atomic E-state index is -4.90. The van der Waals surface area contributed by atoms with Crippen molar-refractivity contribution in [2.24, 2.45) is 0 Å². The predicted molar refractivity (Wildman–Crippen MR) is 270 cm³/mol. The minimum absolute atomic E-state index is 0. The monoisotopic (exact) mass is 1110 g/mol. The third-order valence-electron chi connectivity index (χ3n) is 13.4. The van der Waals surface area contributed by atoms with Crippen molar-refractivity contribution < 1.29 is 79.5 Å². The topological polar surface area (TPSA) is 264 Å². The standard InChI is InChI=1S/C49H57F3N2O14S4.Na.H/c1-48(2)36-28-33(71(63,64)65)18-20-40(36)53(24-7-9-26-69(57,58)59)42(48)22-16-31-12-11-13-32(45(31)46-39(51)30-38(50)35(47(46)52)14-5-6-15-44(55)56)17-23-43-49(3,4)37-29-34(72(66,67)68)19-21-41(37)54(43)25-8-10-27-70(60,61)62;;/h16-23,28-30H,5-15,24-27H2,1-4H3,(H4-,55,56,57,58,59,60,61,62,63,64,65,66,67,68);;. The molecule has 0 radical (unpaired) electrons. The number of fused-ring (bicyclic) bond motifs is 2. The molecule has 0 fully saturated rings. The zero-order chi connectivity index (χ0) is 53.4. The Balaban J connectivity index is 0.00000988. The Morgan fingerprint density at radius 3 is 2.00 bits per heavy atom. The van der Waals surface area contributed by atoms with Crippen LogP contribution >= 0.6 is 0 Å². The van der Waals surface area contributed by atoms with Crippen LogP contribution in [-0.4, -0.2) is 127 Å². The molecule has 0 atom stereocenters. The van der Waals surface area contributed by atoms with Crippen molar-refractivity contribution in [1.82, 2.24) is 0 Å². The molecule has 0 saturated heterocycles.